The number of phenolic OH excluding ortho intramolecular Hbond substituents is 1. The summed E-state index contributed by atoms with van der Waals surface area (Å²) >= 11 is 0. The van der Waals surface area contributed by atoms with Crippen molar-refractivity contribution < 1.29 is 10.3 Å². The number of piperazine rings is 1. The predicted molar refractivity (Wildman–Crippen MR) is 85.7 cm³/mol. The molecule has 1 aliphatic heterocycles. The molecule has 118 valence electrons. The van der Waals surface area contributed by atoms with Crippen molar-refractivity contribution in [1.82, 2.24) is 4.90 Å². The minimum Gasteiger partial charge on any atom is -0.508 e. The molecule has 1 aromatic carbocycles. The van der Waals surface area contributed by atoms with Gasteiger partial charge in [0.25, 0.3) is 0 Å². The van der Waals surface area contributed by atoms with Gasteiger partial charge in [-0.3, -0.25) is 4.90 Å². The van der Waals surface area contributed by atoms with Crippen molar-refractivity contribution in [3.63, 3.8) is 0 Å². The third-order valence-corrected chi connectivity index (χ3v) is 5.68. The summed E-state index contributed by atoms with van der Waals surface area (Å²) in [6.07, 6.45) is 3.70. The van der Waals surface area contributed by atoms with E-state index in [1.54, 1.807) is 12.1 Å². The topological polar surface area (TPSA) is 59.3 Å². The second kappa shape index (κ2) is 5.47. The summed E-state index contributed by atoms with van der Waals surface area (Å²) in [5, 5.41) is 22.4. The average Bonchev–Trinajstić information content (AvgIpc) is 3.16. The van der Waals surface area contributed by atoms with E-state index >= 15 is 0 Å². The molecule has 22 heavy (non-hydrogen) atoms. The summed E-state index contributed by atoms with van der Waals surface area (Å²) in [5.41, 5.74) is 2.20. The zero-order valence-electron chi connectivity index (χ0n) is 12.7. The highest BCUT2D eigenvalue weighted by atomic mass is 16.4. The summed E-state index contributed by atoms with van der Waals surface area (Å²) in [5.74, 6) is 1.53. The molecule has 0 amide bonds. The van der Waals surface area contributed by atoms with Crippen molar-refractivity contribution in [2.24, 2.45) is 17.0 Å². The van der Waals surface area contributed by atoms with E-state index in [0.717, 1.165) is 31.9 Å². The van der Waals surface area contributed by atoms with Crippen molar-refractivity contribution in [2.75, 3.05) is 31.1 Å². The monoisotopic (exact) mass is 301 g/mol. The van der Waals surface area contributed by atoms with Crippen LogP contribution in [-0.2, 0) is 0 Å². The number of hydrogen-bond acceptors (Lipinski definition) is 5. The van der Waals surface area contributed by atoms with Gasteiger partial charge < -0.3 is 15.2 Å². The molecule has 0 aromatic heterocycles. The molecule has 0 radical (unpaired) electrons. The maximum absolute atomic E-state index is 9.39. The van der Waals surface area contributed by atoms with Crippen LogP contribution in [0.3, 0.4) is 0 Å². The lowest BCUT2D eigenvalue weighted by atomic mass is 9.91. The fourth-order valence-corrected chi connectivity index (χ4v) is 4.60. The minimum atomic E-state index is 0.313. The zero-order valence-corrected chi connectivity index (χ0v) is 12.7. The van der Waals surface area contributed by atoms with Gasteiger partial charge in [-0.2, -0.15) is 0 Å². The molecule has 0 spiro atoms. The Bertz CT molecular complexity index is 564. The number of anilines is 1. The molecule has 0 unspecified atom stereocenters. The Morgan fingerprint density at radius 2 is 1.73 bits per heavy atom. The molecule has 2 bridgehead atoms. The third kappa shape index (κ3) is 2.24. The number of rotatable bonds is 2. The van der Waals surface area contributed by atoms with E-state index in [4.69, 9.17) is 0 Å². The Morgan fingerprint density at radius 3 is 2.41 bits per heavy atom. The van der Waals surface area contributed by atoms with Crippen LogP contribution in [0, 0.1) is 11.8 Å². The van der Waals surface area contributed by atoms with Gasteiger partial charge in [-0.1, -0.05) is 5.16 Å². The maximum atomic E-state index is 9.39. The molecule has 1 saturated heterocycles. The first-order valence-electron chi connectivity index (χ1n) is 8.26. The normalized spacial score (nSPS) is 33.7. The van der Waals surface area contributed by atoms with Gasteiger partial charge in [0.2, 0.25) is 0 Å². The number of aromatic hydroxyl groups is 1. The molecule has 4 rings (SSSR count). The molecular weight excluding hydrogens is 278 g/mol. The Morgan fingerprint density at radius 1 is 1.00 bits per heavy atom. The van der Waals surface area contributed by atoms with Crippen LogP contribution < -0.4 is 4.90 Å². The van der Waals surface area contributed by atoms with E-state index < -0.39 is 0 Å². The van der Waals surface area contributed by atoms with Gasteiger partial charge in [0.15, 0.2) is 0 Å². The standard InChI is InChI=1S/C17H23N3O2/c21-15-5-3-14(4-6-15)19-7-9-20(10-8-19)17-13-2-1-12(11-13)16(17)18-22/h3-6,12-13,17,21-22H,1-2,7-11H2/b18-16+/t12-,13-,17-/m0/s1. The van der Waals surface area contributed by atoms with Gasteiger partial charge in [-0.05, 0) is 49.4 Å². The SMILES string of the molecule is O/N=C1\[C@H]2CC[C@@H](C2)[C@@H]1N1CCN(c2ccc(O)cc2)CC1. The molecule has 3 fully saturated rings. The molecule has 5 heteroatoms. The van der Waals surface area contributed by atoms with E-state index in [1.165, 1.54) is 24.9 Å². The number of hydrogen-bond donors (Lipinski definition) is 2. The fourth-order valence-electron chi connectivity index (χ4n) is 4.60. The first-order valence-corrected chi connectivity index (χ1v) is 8.26. The molecule has 1 aromatic rings. The molecule has 1 heterocycles. The molecular formula is C17H23N3O2. The number of nitrogens with zero attached hydrogens (tertiary/aromatic N) is 3. The lowest BCUT2D eigenvalue weighted by molar-refractivity contribution is 0.181. The largest absolute Gasteiger partial charge is 0.508 e. The van der Waals surface area contributed by atoms with E-state index in [1.807, 2.05) is 12.1 Å². The zero-order chi connectivity index (χ0) is 15.1. The molecule has 5 nitrogen and oxygen atoms in total. The second-order valence-electron chi connectivity index (χ2n) is 6.78. The molecule has 2 saturated carbocycles. The van der Waals surface area contributed by atoms with E-state index in [-0.39, 0.29) is 0 Å². The Hall–Kier alpha value is -1.75. The molecule has 3 atom stereocenters. The fraction of sp³-hybridized carbons (Fsp3) is 0.588. The average molecular weight is 301 g/mol. The number of benzene rings is 1. The predicted octanol–water partition coefficient (Wildman–Crippen LogP) is 2.14. The van der Waals surface area contributed by atoms with Crippen LogP contribution in [0.25, 0.3) is 0 Å². The summed E-state index contributed by atoms with van der Waals surface area (Å²) in [6.45, 7) is 3.98. The third-order valence-electron chi connectivity index (χ3n) is 5.68. The quantitative estimate of drug-likeness (QED) is 0.649. The smallest absolute Gasteiger partial charge is 0.115 e. The van der Waals surface area contributed by atoms with E-state index in [2.05, 4.69) is 15.0 Å². The maximum Gasteiger partial charge on any atom is 0.115 e. The van der Waals surface area contributed by atoms with Gasteiger partial charge in [0.1, 0.15) is 5.75 Å². The highest BCUT2D eigenvalue weighted by Gasteiger charge is 2.48. The molecule has 3 aliphatic rings. The summed E-state index contributed by atoms with van der Waals surface area (Å²) in [6, 6.07) is 7.81. The van der Waals surface area contributed by atoms with Crippen LogP contribution in [-0.4, -0.2) is 53.1 Å². The lowest BCUT2D eigenvalue weighted by Gasteiger charge is -2.41. The summed E-state index contributed by atoms with van der Waals surface area (Å²) in [7, 11) is 0. The van der Waals surface area contributed by atoms with Gasteiger partial charge in [-0.25, -0.2) is 0 Å². The summed E-state index contributed by atoms with van der Waals surface area (Å²) < 4.78 is 0. The van der Waals surface area contributed by atoms with Crippen molar-refractivity contribution in [1.29, 1.82) is 0 Å². The van der Waals surface area contributed by atoms with Gasteiger partial charge in [-0.15, -0.1) is 0 Å². The van der Waals surface area contributed by atoms with Crippen molar-refractivity contribution in [2.45, 2.75) is 25.3 Å². The van der Waals surface area contributed by atoms with E-state index in [0.29, 0.717) is 23.6 Å². The first-order chi connectivity index (χ1) is 10.8. The van der Waals surface area contributed by atoms with Crippen molar-refractivity contribution in [3.8, 4) is 5.75 Å². The highest BCUT2D eigenvalue weighted by molar-refractivity contribution is 5.94. The van der Waals surface area contributed by atoms with Gasteiger partial charge in [0.05, 0.1) is 11.8 Å². The van der Waals surface area contributed by atoms with E-state index in [9.17, 15) is 10.3 Å². The number of phenols is 1. The van der Waals surface area contributed by atoms with Crippen LogP contribution >= 0.6 is 0 Å². The molecule has 2 N–H and O–H groups in total. The Balaban J connectivity index is 1.43. The lowest BCUT2D eigenvalue weighted by Crippen LogP contribution is -2.54. The minimum absolute atomic E-state index is 0.313. The highest BCUT2D eigenvalue weighted by Crippen LogP contribution is 2.45. The number of oxime groups is 1. The van der Waals surface area contributed by atoms with Crippen LogP contribution in [0.15, 0.2) is 29.4 Å². The first kappa shape index (κ1) is 13.9. The summed E-state index contributed by atoms with van der Waals surface area (Å²) in [4.78, 5) is 4.87. The van der Waals surface area contributed by atoms with Crippen molar-refractivity contribution >= 4 is 11.4 Å². The van der Waals surface area contributed by atoms with Gasteiger partial charge in [0, 0.05) is 37.8 Å². The van der Waals surface area contributed by atoms with Crippen molar-refractivity contribution in [3.05, 3.63) is 24.3 Å². The Labute approximate surface area is 130 Å². The van der Waals surface area contributed by atoms with Crippen LogP contribution in [0.4, 0.5) is 5.69 Å². The van der Waals surface area contributed by atoms with Gasteiger partial charge >= 0.3 is 0 Å². The Kier molecular flexibility index (Phi) is 3.45. The van der Waals surface area contributed by atoms with Crippen LogP contribution in [0.5, 0.6) is 5.75 Å². The second-order valence-corrected chi connectivity index (χ2v) is 6.78. The number of fused-ring (bicyclic) bond motifs is 2. The molecule has 2 aliphatic carbocycles. The van der Waals surface area contributed by atoms with Crippen LogP contribution in [0.2, 0.25) is 0 Å². The van der Waals surface area contributed by atoms with Crippen LogP contribution in [0.1, 0.15) is 19.3 Å².